The lowest BCUT2D eigenvalue weighted by atomic mass is 9.82. The van der Waals surface area contributed by atoms with Crippen LogP contribution in [0.4, 0.5) is 0 Å². The van der Waals surface area contributed by atoms with Gasteiger partial charge in [0.1, 0.15) is 25.5 Å². The Bertz CT molecular complexity index is 1010. The van der Waals surface area contributed by atoms with E-state index in [1.807, 2.05) is 35.2 Å². The smallest absolute Gasteiger partial charge is 0.249 e. The van der Waals surface area contributed by atoms with Gasteiger partial charge in [0.25, 0.3) is 0 Å². The number of fused-ring (bicyclic) bond motifs is 3. The SMILES string of the molecule is COCC(=O)N1CC(=O)N2CC[C@@H](CC(=O)N3CCN(C=O)CC3)[C@@H](/C=C/COc3ccccc3C1)C2. The maximum atomic E-state index is 13.3. The zero-order chi connectivity index (χ0) is 26.2. The van der Waals surface area contributed by atoms with Gasteiger partial charge in [-0.3, -0.25) is 19.2 Å². The first-order valence-corrected chi connectivity index (χ1v) is 12.9. The summed E-state index contributed by atoms with van der Waals surface area (Å²) < 4.78 is 11.1. The molecule has 1 aromatic carbocycles. The summed E-state index contributed by atoms with van der Waals surface area (Å²) >= 11 is 0. The molecule has 2 saturated heterocycles. The maximum absolute atomic E-state index is 13.3. The average Bonchev–Trinajstić information content (AvgIpc) is 2.92. The van der Waals surface area contributed by atoms with Crippen LogP contribution >= 0.6 is 0 Å². The predicted octanol–water partition coefficient (Wildman–Crippen LogP) is 0.766. The van der Waals surface area contributed by atoms with Gasteiger partial charge in [0.15, 0.2) is 0 Å². The van der Waals surface area contributed by atoms with Crippen molar-refractivity contribution in [1.29, 1.82) is 0 Å². The largest absolute Gasteiger partial charge is 0.489 e. The molecule has 3 heterocycles. The van der Waals surface area contributed by atoms with Gasteiger partial charge in [0.05, 0.1) is 0 Å². The van der Waals surface area contributed by atoms with Gasteiger partial charge in [-0.05, 0) is 24.3 Å². The van der Waals surface area contributed by atoms with Crippen LogP contribution in [0.25, 0.3) is 0 Å². The van der Waals surface area contributed by atoms with E-state index in [4.69, 9.17) is 9.47 Å². The molecule has 4 amide bonds. The summed E-state index contributed by atoms with van der Waals surface area (Å²) in [4.78, 5) is 57.0. The Morgan fingerprint density at radius 2 is 1.84 bits per heavy atom. The molecule has 10 heteroatoms. The fourth-order valence-corrected chi connectivity index (χ4v) is 5.22. The molecule has 2 fully saturated rings. The van der Waals surface area contributed by atoms with E-state index >= 15 is 0 Å². The molecule has 0 unspecified atom stereocenters. The number of para-hydroxylation sites is 1. The zero-order valence-corrected chi connectivity index (χ0v) is 21.4. The number of nitrogens with zero attached hydrogens (tertiary/aromatic N) is 4. The quantitative estimate of drug-likeness (QED) is 0.427. The van der Waals surface area contributed by atoms with Crippen LogP contribution in [0.3, 0.4) is 0 Å². The number of carbonyl (C=O) groups is 4. The minimum Gasteiger partial charge on any atom is -0.489 e. The molecule has 2 atom stereocenters. The fourth-order valence-electron chi connectivity index (χ4n) is 5.22. The number of rotatable bonds is 5. The molecule has 0 N–H and O–H groups in total. The van der Waals surface area contributed by atoms with E-state index < -0.39 is 0 Å². The Hall–Kier alpha value is -3.40. The number of ether oxygens (including phenoxy) is 2. The van der Waals surface area contributed by atoms with Crippen molar-refractivity contribution in [1.82, 2.24) is 19.6 Å². The molecule has 0 spiro atoms. The van der Waals surface area contributed by atoms with E-state index in [2.05, 4.69) is 6.08 Å². The van der Waals surface area contributed by atoms with Crippen LogP contribution in [0.2, 0.25) is 0 Å². The number of piperazine rings is 1. The maximum Gasteiger partial charge on any atom is 0.249 e. The molecular weight excluding hydrogens is 476 g/mol. The number of hydrogen-bond donors (Lipinski definition) is 0. The van der Waals surface area contributed by atoms with Gasteiger partial charge in [-0.25, -0.2) is 0 Å². The second-order valence-electron chi connectivity index (χ2n) is 9.81. The summed E-state index contributed by atoms with van der Waals surface area (Å²) in [5.74, 6) is 0.480. The fraction of sp³-hybridized carbons (Fsp3) is 0.556. The summed E-state index contributed by atoms with van der Waals surface area (Å²) in [7, 11) is 1.46. The lowest BCUT2D eigenvalue weighted by Crippen LogP contribution is -2.50. The van der Waals surface area contributed by atoms with Crippen LogP contribution in [0.5, 0.6) is 5.75 Å². The molecular formula is C27H36N4O6. The van der Waals surface area contributed by atoms with Gasteiger partial charge in [-0.2, -0.15) is 0 Å². The van der Waals surface area contributed by atoms with E-state index in [1.54, 1.807) is 9.80 Å². The Balaban J connectivity index is 1.49. The van der Waals surface area contributed by atoms with Gasteiger partial charge in [0.2, 0.25) is 24.1 Å². The minimum atomic E-state index is -0.259. The third-order valence-electron chi connectivity index (χ3n) is 7.41. The average molecular weight is 513 g/mol. The molecule has 0 aromatic heterocycles. The summed E-state index contributed by atoms with van der Waals surface area (Å²) in [6.07, 6.45) is 5.96. The van der Waals surface area contributed by atoms with E-state index in [-0.39, 0.29) is 49.3 Å². The summed E-state index contributed by atoms with van der Waals surface area (Å²) in [6.45, 7) is 3.70. The van der Waals surface area contributed by atoms with Crippen LogP contribution in [-0.4, -0.2) is 110 Å². The van der Waals surface area contributed by atoms with Crippen molar-refractivity contribution in [3.63, 3.8) is 0 Å². The van der Waals surface area contributed by atoms with E-state index in [0.717, 1.165) is 12.0 Å². The highest BCUT2D eigenvalue weighted by Crippen LogP contribution is 2.30. The van der Waals surface area contributed by atoms with Crippen molar-refractivity contribution in [2.75, 3.05) is 66.1 Å². The number of methoxy groups -OCH3 is 1. The molecule has 200 valence electrons. The first-order chi connectivity index (χ1) is 18.0. The summed E-state index contributed by atoms with van der Waals surface area (Å²) in [5.41, 5.74) is 0.823. The van der Waals surface area contributed by atoms with Crippen molar-refractivity contribution in [3.05, 3.63) is 42.0 Å². The molecule has 3 aliphatic rings. The molecule has 0 radical (unpaired) electrons. The predicted molar refractivity (Wildman–Crippen MR) is 135 cm³/mol. The molecule has 4 rings (SSSR count). The summed E-state index contributed by atoms with van der Waals surface area (Å²) in [5, 5.41) is 0. The van der Waals surface area contributed by atoms with Gasteiger partial charge in [-0.15, -0.1) is 0 Å². The highest BCUT2D eigenvalue weighted by molar-refractivity contribution is 5.85. The van der Waals surface area contributed by atoms with Crippen molar-refractivity contribution in [3.8, 4) is 5.75 Å². The third-order valence-corrected chi connectivity index (χ3v) is 7.41. The van der Waals surface area contributed by atoms with Crippen LogP contribution in [-0.2, 0) is 30.5 Å². The lowest BCUT2D eigenvalue weighted by molar-refractivity contribution is -0.144. The normalized spacial score (nSPS) is 23.6. The number of amides is 4. The topological polar surface area (TPSA) is 99.7 Å². The minimum absolute atomic E-state index is 0.000590. The number of benzene rings is 1. The van der Waals surface area contributed by atoms with Gasteiger partial charge < -0.3 is 29.1 Å². The Labute approximate surface area is 217 Å². The Kier molecular flexibility index (Phi) is 9.16. The van der Waals surface area contributed by atoms with Crippen molar-refractivity contribution < 1.29 is 28.7 Å². The molecule has 3 aliphatic heterocycles. The van der Waals surface area contributed by atoms with Crippen LogP contribution in [0, 0.1) is 11.8 Å². The molecule has 0 saturated carbocycles. The highest BCUT2D eigenvalue weighted by Gasteiger charge is 2.34. The Morgan fingerprint density at radius 1 is 1.05 bits per heavy atom. The van der Waals surface area contributed by atoms with Crippen LogP contribution in [0.15, 0.2) is 36.4 Å². The van der Waals surface area contributed by atoms with Crippen LogP contribution in [0.1, 0.15) is 18.4 Å². The number of carbonyl (C=O) groups excluding carboxylic acids is 4. The van der Waals surface area contributed by atoms with Gasteiger partial charge in [-0.1, -0.05) is 30.4 Å². The van der Waals surface area contributed by atoms with E-state index in [0.29, 0.717) is 64.5 Å². The van der Waals surface area contributed by atoms with E-state index in [1.165, 1.54) is 12.0 Å². The first kappa shape index (κ1) is 26.7. The molecule has 1 aromatic rings. The van der Waals surface area contributed by atoms with Crippen molar-refractivity contribution in [2.24, 2.45) is 11.8 Å². The van der Waals surface area contributed by atoms with Gasteiger partial charge in [0, 0.05) is 64.9 Å². The van der Waals surface area contributed by atoms with Crippen molar-refractivity contribution >= 4 is 24.1 Å². The first-order valence-electron chi connectivity index (χ1n) is 12.9. The molecule has 0 aliphatic carbocycles. The van der Waals surface area contributed by atoms with Crippen molar-refractivity contribution in [2.45, 2.75) is 19.4 Å². The third kappa shape index (κ3) is 6.88. The Morgan fingerprint density at radius 3 is 2.59 bits per heavy atom. The molecule has 2 bridgehead atoms. The molecule has 10 nitrogen and oxygen atoms in total. The second kappa shape index (κ2) is 12.7. The second-order valence-corrected chi connectivity index (χ2v) is 9.81. The number of piperidine rings is 1. The summed E-state index contributed by atoms with van der Waals surface area (Å²) in [6, 6.07) is 7.51. The monoisotopic (exact) mass is 512 g/mol. The molecule has 37 heavy (non-hydrogen) atoms. The lowest BCUT2D eigenvalue weighted by Gasteiger charge is -2.39. The van der Waals surface area contributed by atoms with Crippen LogP contribution < -0.4 is 4.74 Å². The van der Waals surface area contributed by atoms with E-state index in [9.17, 15) is 19.2 Å². The highest BCUT2D eigenvalue weighted by atomic mass is 16.5. The van der Waals surface area contributed by atoms with Gasteiger partial charge >= 0.3 is 0 Å². The standard InChI is InChI=1S/C27H36N4O6/c1-36-19-27(35)31-17-23-5-2-3-7-24(23)37-14-4-6-22-16-30(26(34)18-31)9-8-21(22)15-25(33)29-12-10-28(20-32)11-13-29/h2-7,20-22H,8-19H2,1H3/b6-4+/t21-,22-/m0/s1. The number of hydrogen-bond acceptors (Lipinski definition) is 6. The zero-order valence-electron chi connectivity index (χ0n) is 21.4.